The van der Waals surface area contributed by atoms with E-state index in [0.717, 1.165) is 38.8 Å². The first-order valence-corrected chi connectivity index (χ1v) is 9.08. The van der Waals surface area contributed by atoms with Crippen molar-refractivity contribution in [2.75, 3.05) is 19.7 Å². The van der Waals surface area contributed by atoms with Crippen LogP contribution in [-0.2, 0) is 10.0 Å². The van der Waals surface area contributed by atoms with Gasteiger partial charge in [-0.3, -0.25) is 0 Å². The Balaban J connectivity index is 1.69. The van der Waals surface area contributed by atoms with Crippen molar-refractivity contribution >= 4 is 10.0 Å². The molecule has 2 fully saturated rings. The Labute approximate surface area is 126 Å². The van der Waals surface area contributed by atoms with Gasteiger partial charge < -0.3 is 10.1 Å². The van der Waals surface area contributed by atoms with Crippen LogP contribution in [-0.4, -0.2) is 34.2 Å². The van der Waals surface area contributed by atoms with Crippen molar-refractivity contribution in [3.05, 3.63) is 24.3 Å². The number of para-hydroxylation sites is 1. The van der Waals surface area contributed by atoms with Crippen molar-refractivity contribution in [3.8, 4) is 5.75 Å². The summed E-state index contributed by atoms with van der Waals surface area (Å²) in [5.41, 5.74) is 0. The second-order valence-electron chi connectivity index (χ2n) is 5.87. The normalized spacial score (nSPS) is 23.0. The third-order valence-electron chi connectivity index (χ3n) is 3.91. The van der Waals surface area contributed by atoms with Gasteiger partial charge in [0.15, 0.2) is 0 Å². The van der Waals surface area contributed by atoms with E-state index in [1.807, 2.05) is 6.07 Å². The SMILES string of the molecule is O=S(=O)(NC1CC1)c1ccccc1OCC1CCCNC1. The molecule has 0 aromatic heterocycles. The maximum absolute atomic E-state index is 12.4. The predicted molar refractivity (Wildman–Crippen MR) is 80.9 cm³/mol. The molecule has 0 radical (unpaired) electrons. The second kappa shape index (κ2) is 6.34. The van der Waals surface area contributed by atoms with Crippen molar-refractivity contribution in [1.29, 1.82) is 0 Å². The highest BCUT2D eigenvalue weighted by atomic mass is 32.2. The van der Waals surface area contributed by atoms with Gasteiger partial charge in [0.1, 0.15) is 10.6 Å². The van der Waals surface area contributed by atoms with Gasteiger partial charge in [-0.25, -0.2) is 13.1 Å². The molecule has 1 atom stereocenters. The van der Waals surface area contributed by atoms with E-state index in [1.165, 1.54) is 0 Å². The monoisotopic (exact) mass is 310 g/mol. The highest BCUT2D eigenvalue weighted by Crippen LogP contribution is 2.27. The average Bonchev–Trinajstić information content (AvgIpc) is 3.30. The van der Waals surface area contributed by atoms with Crippen LogP contribution in [0, 0.1) is 5.92 Å². The lowest BCUT2D eigenvalue weighted by atomic mass is 10.0. The van der Waals surface area contributed by atoms with Gasteiger partial charge in [0.2, 0.25) is 10.0 Å². The summed E-state index contributed by atoms with van der Waals surface area (Å²) in [6.07, 6.45) is 4.13. The quantitative estimate of drug-likeness (QED) is 0.836. The lowest BCUT2D eigenvalue weighted by Gasteiger charge is -2.23. The van der Waals surface area contributed by atoms with Crippen LogP contribution in [0.15, 0.2) is 29.2 Å². The molecule has 2 N–H and O–H groups in total. The molecular weight excluding hydrogens is 288 g/mol. The second-order valence-corrected chi connectivity index (χ2v) is 7.55. The number of benzene rings is 1. The molecule has 0 amide bonds. The molecule has 1 saturated carbocycles. The summed E-state index contributed by atoms with van der Waals surface area (Å²) in [5.74, 6) is 0.905. The van der Waals surface area contributed by atoms with E-state index in [1.54, 1.807) is 18.2 Å². The third kappa shape index (κ3) is 3.96. The van der Waals surface area contributed by atoms with Gasteiger partial charge in [-0.1, -0.05) is 12.1 Å². The first-order valence-electron chi connectivity index (χ1n) is 7.60. The summed E-state index contributed by atoms with van der Waals surface area (Å²) in [7, 11) is -3.47. The molecule has 1 aromatic carbocycles. The maximum atomic E-state index is 12.4. The molecule has 3 rings (SSSR count). The number of hydrogen-bond donors (Lipinski definition) is 2. The fourth-order valence-corrected chi connectivity index (χ4v) is 4.00. The van der Waals surface area contributed by atoms with Crippen LogP contribution in [0.2, 0.25) is 0 Å². The Kier molecular flexibility index (Phi) is 4.47. The molecule has 21 heavy (non-hydrogen) atoms. The minimum Gasteiger partial charge on any atom is -0.492 e. The lowest BCUT2D eigenvalue weighted by Crippen LogP contribution is -2.33. The molecule has 1 aromatic rings. The highest BCUT2D eigenvalue weighted by Gasteiger charge is 2.29. The van der Waals surface area contributed by atoms with Crippen LogP contribution in [0.4, 0.5) is 0 Å². The van der Waals surface area contributed by atoms with Crippen LogP contribution in [0.3, 0.4) is 0 Å². The summed E-state index contributed by atoms with van der Waals surface area (Å²) < 4.78 is 33.2. The van der Waals surface area contributed by atoms with Gasteiger partial charge in [0.05, 0.1) is 6.61 Å². The van der Waals surface area contributed by atoms with Crippen LogP contribution >= 0.6 is 0 Å². The first kappa shape index (κ1) is 14.8. The van der Waals surface area contributed by atoms with Crippen LogP contribution in [0.25, 0.3) is 0 Å². The van der Waals surface area contributed by atoms with Gasteiger partial charge in [-0.05, 0) is 44.4 Å². The van der Waals surface area contributed by atoms with Crippen molar-refractivity contribution in [1.82, 2.24) is 10.0 Å². The fourth-order valence-electron chi connectivity index (χ4n) is 2.55. The molecule has 0 bridgehead atoms. The van der Waals surface area contributed by atoms with Crippen molar-refractivity contribution in [3.63, 3.8) is 0 Å². The molecule has 1 unspecified atom stereocenters. The number of piperidine rings is 1. The molecule has 116 valence electrons. The van der Waals surface area contributed by atoms with E-state index < -0.39 is 10.0 Å². The summed E-state index contributed by atoms with van der Waals surface area (Å²) in [6, 6.07) is 6.99. The van der Waals surface area contributed by atoms with E-state index in [2.05, 4.69) is 10.0 Å². The third-order valence-corrected chi connectivity index (χ3v) is 5.47. The fraction of sp³-hybridized carbons (Fsp3) is 0.600. The predicted octanol–water partition coefficient (Wildman–Crippen LogP) is 1.51. The Morgan fingerprint density at radius 1 is 1.24 bits per heavy atom. The minimum atomic E-state index is -3.47. The molecular formula is C15H22N2O3S. The lowest BCUT2D eigenvalue weighted by molar-refractivity contribution is 0.214. The molecule has 2 aliphatic rings. The van der Waals surface area contributed by atoms with Gasteiger partial charge >= 0.3 is 0 Å². The zero-order valence-corrected chi connectivity index (χ0v) is 12.9. The molecule has 0 spiro atoms. The van der Waals surface area contributed by atoms with E-state index >= 15 is 0 Å². The Hall–Kier alpha value is -1.11. The topological polar surface area (TPSA) is 67.4 Å². The van der Waals surface area contributed by atoms with E-state index in [4.69, 9.17) is 4.74 Å². The molecule has 1 saturated heterocycles. The average molecular weight is 310 g/mol. The Morgan fingerprint density at radius 2 is 2.05 bits per heavy atom. The molecule has 6 heteroatoms. The summed E-state index contributed by atoms with van der Waals surface area (Å²) >= 11 is 0. The van der Waals surface area contributed by atoms with Crippen molar-refractivity contribution < 1.29 is 13.2 Å². The van der Waals surface area contributed by atoms with Crippen molar-refractivity contribution in [2.45, 2.75) is 36.6 Å². The molecule has 1 aliphatic carbocycles. The zero-order valence-electron chi connectivity index (χ0n) is 12.0. The molecule has 1 heterocycles. The van der Waals surface area contributed by atoms with Crippen LogP contribution in [0.1, 0.15) is 25.7 Å². The number of ether oxygens (including phenoxy) is 1. The number of nitrogens with one attached hydrogen (secondary N) is 2. The summed E-state index contributed by atoms with van der Waals surface area (Å²) in [5, 5.41) is 3.34. The number of hydrogen-bond acceptors (Lipinski definition) is 4. The van der Waals surface area contributed by atoms with Gasteiger partial charge in [-0.15, -0.1) is 0 Å². The summed E-state index contributed by atoms with van der Waals surface area (Å²) in [4.78, 5) is 0.251. The first-order chi connectivity index (χ1) is 10.1. The highest BCUT2D eigenvalue weighted by molar-refractivity contribution is 7.89. The van der Waals surface area contributed by atoms with Crippen molar-refractivity contribution in [2.24, 2.45) is 5.92 Å². The maximum Gasteiger partial charge on any atom is 0.244 e. The smallest absolute Gasteiger partial charge is 0.244 e. The number of rotatable bonds is 6. The largest absolute Gasteiger partial charge is 0.492 e. The molecule has 5 nitrogen and oxygen atoms in total. The van der Waals surface area contributed by atoms with Gasteiger partial charge in [0.25, 0.3) is 0 Å². The van der Waals surface area contributed by atoms with E-state index in [-0.39, 0.29) is 10.9 Å². The van der Waals surface area contributed by atoms with Gasteiger partial charge in [0, 0.05) is 18.5 Å². The van der Waals surface area contributed by atoms with Crippen LogP contribution < -0.4 is 14.8 Å². The Morgan fingerprint density at radius 3 is 2.76 bits per heavy atom. The van der Waals surface area contributed by atoms with E-state index in [9.17, 15) is 8.42 Å². The van der Waals surface area contributed by atoms with E-state index in [0.29, 0.717) is 18.3 Å². The van der Waals surface area contributed by atoms with Crippen LogP contribution in [0.5, 0.6) is 5.75 Å². The standard InChI is InChI=1S/C15H22N2O3S/c18-21(19,17-13-7-8-13)15-6-2-1-5-14(15)20-11-12-4-3-9-16-10-12/h1-2,5-6,12-13,16-17H,3-4,7-11H2. The number of sulfonamides is 1. The summed E-state index contributed by atoms with van der Waals surface area (Å²) in [6.45, 7) is 2.56. The zero-order chi connectivity index (χ0) is 14.7. The molecule has 1 aliphatic heterocycles. The van der Waals surface area contributed by atoms with Gasteiger partial charge in [-0.2, -0.15) is 0 Å². The minimum absolute atomic E-state index is 0.102. The Bertz CT molecular complexity index is 578.